The van der Waals surface area contributed by atoms with Crippen molar-refractivity contribution in [1.29, 1.82) is 0 Å². The lowest BCUT2D eigenvalue weighted by atomic mass is 10.1. The highest BCUT2D eigenvalue weighted by Gasteiger charge is 2.25. The normalized spacial score (nSPS) is 15.9. The van der Waals surface area contributed by atoms with Crippen LogP contribution in [0.15, 0.2) is 30.6 Å². The smallest absolute Gasteiger partial charge is 0.407 e. The van der Waals surface area contributed by atoms with Gasteiger partial charge in [-0.05, 0) is 31.0 Å². The van der Waals surface area contributed by atoms with Gasteiger partial charge in [-0.3, -0.25) is 9.78 Å². The molecule has 1 aliphatic heterocycles. The average molecular weight is 317 g/mol. The van der Waals surface area contributed by atoms with Crippen LogP contribution in [0.2, 0.25) is 0 Å². The number of rotatable bonds is 2. The average Bonchev–Trinajstić information content (AvgIpc) is 2.55. The van der Waals surface area contributed by atoms with E-state index in [1.165, 1.54) is 16.7 Å². The molecule has 0 aliphatic carbocycles. The summed E-state index contributed by atoms with van der Waals surface area (Å²) >= 11 is 1.26. The van der Waals surface area contributed by atoms with Crippen molar-refractivity contribution >= 4 is 33.9 Å². The molecule has 7 heteroatoms. The molecule has 0 spiro atoms. The summed E-state index contributed by atoms with van der Waals surface area (Å²) in [5.41, 5.74) is 1.19. The Kier molecular flexibility index (Phi) is 4.24. The van der Waals surface area contributed by atoms with Crippen LogP contribution in [0.4, 0.5) is 4.79 Å². The molecule has 1 N–H and O–H groups in total. The number of carbonyl (C=O) groups excluding carboxylic acids is 1. The first-order valence-corrected chi connectivity index (χ1v) is 7.91. The molecule has 1 saturated heterocycles. The second-order valence-electron chi connectivity index (χ2n) is 5.14. The van der Waals surface area contributed by atoms with Crippen molar-refractivity contribution in [3.63, 3.8) is 0 Å². The van der Waals surface area contributed by atoms with E-state index < -0.39 is 6.09 Å². The largest absolute Gasteiger partial charge is 0.465 e. The lowest BCUT2D eigenvalue weighted by Gasteiger charge is -2.28. The molecule has 2 aromatic rings. The van der Waals surface area contributed by atoms with E-state index in [4.69, 9.17) is 5.11 Å². The van der Waals surface area contributed by atoms with Gasteiger partial charge in [0.2, 0.25) is 5.12 Å². The van der Waals surface area contributed by atoms with Gasteiger partial charge in [-0.25, -0.2) is 9.78 Å². The maximum absolute atomic E-state index is 12.3. The zero-order valence-electron chi connectivity index (χ0n) is 11.8. The quantitative estimate of drug-likeness (QED) is 0.916. The number of fused-ring (bicyclic) bond motifs is 1. The summed E-state index contributed by atoms with van der Waals surface area (Å²) in [5, 5.41) is 9.91. The number of piperidine rings is 1. The van der Waals surface area contributed by atoms with Gasteiger partial charge in [0, 0.05) is 36.1 Å². The molecular weight excluding hydrogens is 302 g/mol. The molecule has 1 fully saturated rings. The molecule has 3 rings (SSSR count). The number of hydrogen-bond donors (Lipinski definition) is 1. The Morgan fingerprint density at radius 2 is 2.00 bits per heavy atom. The number of pyridine rings is 2. The molecule has 2 aromatic heterocycles. The maximum atomic E-state index is 12.3. The summed E-state index contributed by atoms with van der Waals surface area (Å²) in [4.78, 5) is 33.0. The molecule has 0 unspecified atom stereocenters. The summed E-state index contributed by atoms with van der Waals surface area (Å²) in [6.07, 6.45) is 3.86. The summed E-state index contributed by atoms with van der Waals surface area (Å²) in [5.74, 6) is 0. The predicted octanol–water partition coefficient (Wildman–Crippen LogP) is 2.65. The number of aromatic nitrogens is 2. The van der Waals surface area contributed by atoms with Crippen LogP contribution in [-0.4, -0.2) is 49.5 Å². The van der Waals surface area contributed by atoms with Gasteiger partial charge in [-0.15, -0.1) is 0 Å². The van der Waals surface area contributed by atoms with Crippen LogP contribution >= 0.6 is 11.8 Å². The zero-order chi connectivity index (χ0) is 15.5. The summed E-state index contributed by atoms with van der Waals surface area (Å²) in [7, 11) is 0. The summed E-state index contributed by atoms with van der Waals surface area (Å²) in [6, 6.07) is 5.34. The fourth-order valence-corrected chi connectivity index (χ4v) is 3.44. The first-order chi connectivity index (χ1) is 10.6. The van der Waals surface area contributed by atoms with Gasteiger partial charge in [0.15, 0.2) is 0 Å². The predicted molar refractivity (Wildman–Crippen MR) is 84.1 cm³/mol. The molecule has 0 saturated carbocycles. The fourth-order valence-electron chi connectivity index (χ4n) is 2.46. The van der Waals surface area contributed by atoms with E-state index in [9.17, 15) is 9.59 Å². The third-order valence-electron chi connectivity index (χ3n) is 3.68. The van der Waals surface area contributed by atoms with Crippen LogP contribution in [0.3, 0.4) is 0 Å². The van der Waals surface area contributed by atoms with Gasteiger partial charge >= 0.3 is 6.09 Å². The third kappa shape index (κ3) is 3.19. The molecule has 0 bridgehead atoms. The topological polar surface area (TPSA) is 83.4 Å². The Morgan fingerprint density at radius 3 is 2.73 bits per heavy atom. The minimum Gasteiger partial charge on any atom is -0.465 e. The Labute approximate surface area is 131 Å². The van der Waals surface area contributed by atoms with E-state index in [1.807, 2.05) is 6.07 Å². The monoisotopic (exact) mass is 317 g/mol. The standard InChI is InChI=1S/C15H15N3O3S/c19-14(22-11-4-7-18(8-5-11)15(20)21)13-2-1-10-9-16-6-3-12(10)17-13/h1-3,6,9,11H,4-5,7-8H2,(H,20,21). The van der Waals surface area contributed by atoms with Crippen LogP contribution in [0.5, 0.6) is 0 Å². The number of hydrogen-bond acceptors (Lipinski definition) is 5. The number of likely N-dealkylation sites (tertiary alicyclic amines) is 1. The van der Waals surface area contributed by atoms with Crippen LogP contribution < -0.4 is 0 Å². The summed E-state index contributed by atoms with van der Waals surface area (Å²) in [6.45, 7) is 0.966. The van der Waals surface area contributed by atoms with E-state index >= 15 is 0 Å². The molecule has 114 valence electrons. The van der Waals surface area contributed by atoms with Crippen molar-refractivity contribution in [2.75, 3.05) is 13.1 Å². The number of nitrogens with zero attached hydrogens (tertiary/aromatic N) is 3. The van der Waals surface area contributed by atoms with Crippen molar-refractivity contribution in [2.24, 2.45) is 0 Å². The molecule has 0 radical (unpaired) electrons. The van der Waals surface area contributed by atoms with Crippen LogP contribution in [0, 0.1) is 0 Å². The SMILES string of the molecule is O=C(SC1CCN(C(=O)O)CC1)c1ccc2cnccc2n1. The van der Waals surface area contributed by atoms with E-state index in [0.29, 0.717) is 31.6 Å². The highest BCUT2D eigenvalue weighted by Crippen LogP contribution is 2.26. The Bertz CT molecular complexity index is 714. The van der Waals surface area contributed by atoms with Crippen molar-refractivity contribution in [2.45, 2.75) is 18.1 Å². The molecule has 3 heterocycles. The zero-order valence-corrected chi connectivity index (χ0v) is 12.6. The number of amides is 1. The van der Waals surface area contributed by atoms with Gasteiger partial charge in [0.05, 0.1) is 5.52 Å². The van der Waals surface area contributed by atoms with Crippen molar-refractivity contribution in [3.8, 4) is 0 Å². The highest BCUT2D eigenvalue weighted by atomic mass is 32.2. The fraction of sp³-hybridized carbons (Fsp3) is 0.333. The van der Waals surface area contributed by atoms with Gasteiger partial charge in [-0.2, -0.15) is 0 Å². The Hall–Kier alpha value is -2.15. The van der Waals surface area contributed by atoms with Crippen molar-refractivity contribution in [3.05, 3.63) is 36.3 Å². The molecule has 1 amide bonds. The first kappa shape index (κ1) is 14.8. The number of thioether (sulfide) groups is 1. The minimum absolute atomic E-state index is 0.0625. The molecule has 1 aliphatic rings. The Balaban J connectivity index is 1.65. The van der Waals surface area contributed by atoms with E-state index in [0.717, 1.165) is 10.9 Å². The van der Waals surface area contributed by atoms with E-state index in [2.05, 4.69) is 9.97 Å². The molecule has 0 aromatic carbocycles. The number of carboxylic acid groups (broad SMARTS) is 1. The molecular formula is C15H15N3O3S. The molecule has 0 atom stereocenters. The van der Waals surface area contributed by atoms with Crippen LogP contribution in [0.25, 0.3) is 10.9 Å². The highest BCUT2D eigenvalue weighted by molar-refractivity contribution is 8.14. The second-order valence-corrected chi connectivity index (χ2v) is 6.41. The van der Waals surface area contributed by atoms with E-state index in [1.54, 1.807) is 24.5 Å². The van der Waals surface area contributed by atoms with Crippen LogP contribution in [0.1, 0.15) is 23.3 Å². The lowest BCUT2D eigenvalue weighted by Crippen LogP contribution is -2.38. The van der Waals surface area contributed by atoms with Crippen molar-refractivity contribution < 1.29 is 14.7 Å². The minimum atomic E-state index is -0.889. The Morgan fingerprint density at radius 1 is 1.23 bits per heavy atom. The third-order valence-corrected chi connectivity index (χ3v) is 4.91. The van der Waals surface area contributed by atoms with Gasteiger partial charge in [0.1, 0.15) is 5.69 Å². The molecule has 22 heavy (non-hydrogen) atoms. The molecule has 6 nitrogen and oxygen atoms in total. The summed E-state index contributed by atoms with van der Waals surface area (Å²) < 4.78 is 0. The van der Waals surface area contributed by atoms with E-state index in [-0.39, 0.29) is 10.4 Å². The first-order valence-electron chi connectivity index (χ1n) is 7.03. The van der Waals surface area contributed by atoms with Gasteiger partial charge < -0.3 is 10.0 Å². The van der Waals surface area contributed by atoms with Crippen LogP contribution in [-0.2, 0) is 0 Å². The van der Waals surface area contributed by atoms with Gasteiger partial charge in [-0.1, -0.05) is 11.8 Å². The maximum Gasteiger partial charge on any atom is 0.407 e. The number of carbonyl (C=O) groups is 2. The van der Waals surface area contributed by atoms with Crippen molar-refractivity contribution in [1.82, 2.24) is 14.9 Å². The lowest BCUT2D eigenvalue weighted by molar-refractivity contribution is 0.108. The second kappa shape index (κ2) is 6.31. The van der Waals surface area contributed by atoms with Gasteiger partial charge in [0.25, 0.3) is 0 Å².